The summed E-state index contributed by atoms with van der Waals surface area (Å²) in [4.78, 5) is 1.75. The molecule has 0 radical (unpaired) electrons. The van der Waals surface area contributed by atoms with Gasteiger partial charge in [0.2, 0.25) is 0 Å². The molecule has 0 saturated carbocycles. The number of nitrogens with zero attached hydrogens (tertiary/aromatic N) is 1. The zero-order chi connectivity index (χ0) is 9.56. The highest BCUT2D eigenvalue weighted by Crippen LogP contribution is 1.96. The van der Waals surface area contributed by atoms with E-state index in [2.05, 4.69) is 0 Å². The molecule has 0 saturated heterocycles. The predicted octanol–water partition coefficient (Wildman–Crippen LogP) is -1.40. The number of aliphatic hydroxyl groups excluding tert-OH is 2. The zero-order valence-corrected chi connectivity index (χ0v) is 7.32. The fourth-order valence-electron chi connectivity index (χ4n) is 0.953. The second-order valence-electron chi connectivity index (χ2n) is 2.61. The molecule has 0 bridgehead atoms. The number of hydrogen-bond donors (Lipinski definition) is 4. The van der Waals surface area contributed by atoms with Gasteiger partial charge >= 0.3 is 0 Å². The van der Waals surface area contributed by atoms with Gasteiger partial charge in [-0.2, -0.15) is 0 Å². The Labute approximate surface area is 72.3 Å². The van der Waals surface area contributed by atoms with Crippen LogP contribution in [0.3, 0.4) is 0 Å². The van der Waals surface area contributed by atoms with E-state index in [-0.39, 0.29) is 25.1 Å². The first kappa shape index (κ1) is 11.4. The summed E-state index contributed by atoms with van der Waals surface area (Å²) in [6.45, 7) is 2.66. The summed E-state index contributed by atoms with van der Waals surface area (Å²) in [7, 11) is 0. The topological polar surface area (TPSA) is 93.6 Å². The summed E-state index contributed by atoms with van der Waals surface area (Å²) in [5.74, 6) is 0.0527. The van der Waals surface area contributed by atoms with Crippen molar-refractivity contribution in [3.8, 4) is 0 Å². The fourth-order valence-corrected chi connectivity index (χ4v) is 0.953. The van der Waals surface area contributed by atoms with Gasteiger partial charge in [-0.15, -0.1) is 0 Å². The maximum atomic E-state index is 8.66. The number of hydrogen-bond acceptors (Lipinski definition) is 4. The summed E-state index contributed by atoms with van der Waals surface area (Å²) in [5, 5.41) is 24.5. The number of rotatable bonds is 6. The fraction of sp³-hybridized carbons (Fsp3) is 0.857. The standard InChI is InChI=1S/C7H17N3O2/c1-6(7(8)9)10(2-4-11)3-5-12/h6,11-12H,2-5H2,1H3,(H3,8,9). The SMILES string of the molecule is CC(C(=N)N)N(CCO)CCO. The van der Waals surface area contributed by atoms with Crippen LogP contribution < -0.4 is 5.73 Å². The number of aliphatic hydroxyl groups is 2. The Morgan fingerprint density at radius 2 is 1.83 bits per heavy atom. The van der Waals surface area contributed by atoms with Crippen molar-refractivity contribution in [2.24, 2.45) is 5.73 Å². The molecule has 0 fully saturated rings. The van der Waals surface area contributed by atoms with E-state index in [0.29, 0.717) is 13.1 Å². The van der Waals surface area contributed by atoms with Crippen LogP contribution in [0.15, 0.2) is 0 Å². The third kappa shape index (κ3) is 3.66. The van der Waals surface area contributed by atoms with Crippen LogP contribution in [-0.2, 0) is 0 Å². The molecule has 1 atom stereocenters. The molecule has 5 heteroatoms. The molecule has 5 nitrogen and oxygen atoms in total. The lowest BCUT2D eigenvalue weighted by atomic mass is 10.2. The van der Waals surface area contributed by atoms with Crippen LogP contribution in [0.4, 0.5) is 0 Å². The molecule has 0 aromatic rings. The normalized spacial score (nSPS) is 13.3. The Morgan fingerprint density at radius 1 is 1.42 bits per heavy atom. The molecular formula is C7H17N3O2. The first-order valence-electron chi connectivity index (χ1n) is 3.93. The van der Waals surface area contributed by atoms with Gasteiger partial charge in [0.05, 0.1) is 19.3 Å². The second kappa shape index (κ2) is 5.93. The molecule has 0 aromatic heterocycles. The molecule has 5 N–H and O–H groups in total. The number of nitrogens with two attached hydrogens (primary N) is 1. The van der Waals surface area contributed by atoms with E-state index < -0.39 is 0 Å². The maximum Gasteiger partial charge on any atom is 0.108 e. The molecule has 0 aromatic carbocycles. The Balaban J connectivity index is 3.98. The quantitative estimate of drug-likeness (QED) is 0.295. The molecule has 0 aliphatic heterocycles. The van der Waals surface area contributed by atoms with Crippen LogP contribution in [0, 0.1) is 5.41 Å². The van der Waals surface area contributed by atoms with E-state index >= 15 is 0 Å². The summed E-state index contributed by atoms with van der Waals surface area (Å²) >= 11 is 0. The summed E-state index contributed by atoms with van der Waals surface area (Å²) < 4.78 is 0. The van der Waals surface area contributed by atoms with E-state index in [0.717, 1.165) is 0 Å². The van der Waals surface area contributed by atoms with Crippen LogP contribution in [0.1, 0.15) is 6.92 Å². The van der Waals surface area contributed by atoms with Crippen molar-refractivity contribution in [1.29, 1.82) is 5.41 Å². The number of amidine groups is 1. The molecule has 0 aliphatic rings. The minimum atomic E-state index is -0.218. The van der Waals surface area contributed by atoms with Crippen molar-refractivity contribution in [3.63, 3.8) is 0 Å². The minimum absolute atomic E-state index is 0.0115. The Kier molecular flexibility index (Phi) is 5.61. The van der Waals surface area contributed by atoms with Crippen molar-refractivity contribution in [2.45, 2.75) is 13.0 Å². The van der Waals surface area contributed by atoms with Crippen molar-refractivity contribution >= 4 is 5.84 Å². The van der Waals surface area contributed by atoms with Crippen LogP contribution >= 0.6 is 0 Å². The zero-order valence-electron chi connectivity index (χ0n) is 7.32. The van der Waals surface area contributed by atoms with Gasteiger partial charge in [-0.1, -0.05) is 0 Å². The average molecular weight is 175 g/mol. The van der Waals surface area contributed by atoms with E-state index in [1.54, 1.807) is 11.8 Å². The lowest BCUT2D eigenvalue weighted by molar-refractivity contribution is 0.150. The summed E-state index contributed by atoms with van der Waals surface area (Å²) in [6.07, 6.45) is 0. The van der Waals surface area contributed by atoms with E-state index in [9.17, 15) is 0 Å². The third-order valence-corrected chi connectivity index (χ3v) is 1.77. The number of nitrogens with one attached hydrogen (secondary N) is 1. The third-order valence-electron chi connectivity index (χ3n) is 1.77. The largest absolute Gasteiger partial charge is 0.395 e. The first-order valence-corrected chi connectivity index (χ1v) is 3.93. The van der Waals surface area contributed by atoms with E-state index in [1.165, 1.54) is 0 Å². The van der Waals surface area contributed by atoms with Gasteiger partial charge in [0.15, 0.2) is 0 Å². The van der Waals surface area contributed by atoms with Crippen LogP contribution in [0.5, 0.6) is 0 Å². The first-order chi connectivity index (χ1) is 5.63. The van der Waals surface area contributed by atoms with Crippen molar-refractivity contribution < 1.29 is 10.2 Å². The summed E-state index contributed by atoms with van der Waals surface area (Å²) in [5.41, 5.74) is 5.28. The van der Waals surface area contributed by atoms with Crippen LogP contribution in [0.2, 0.25) is 0 Å². The molecule has 12 heavy (non-hydrogen) atoms. The molecular weight excluding hydrogens is 158 g/mol. The van der Waals surface area contributed by atoms with Gasteiger partial charge in [-0.05, 0) is 6.92 Å². The smallest absolute Gasteiger partial charge is 0.108 e. The van der Waals surface area contributed by atoms with E-state index in [1.807, 2.05) is 0 Å². The monoisotopic (exact) mass is 175 g/mol. The summed E-state index contributed by atoms with van der Waals surface area (Å²) in [6, 6.07) is -0.218. The minimum Gasteiger partial charge on any atom is -0.395 e. The molecule has 0 spiro atoms. The Hall–Kier alpha value is -0.650. The molecule has 1 unspecified atom stereocenters. The molecule has 72 valence electrons. The lowest BCUT2D eigenvalue weighted by Crippen LogP contribution is -2.44. The van der Waals surface area contributed by atoms with Crippen molar-refractivity contribution in [2.75, 3.05) is 26.3 Å². The molecule has 0 rings (SSSR count). The van der Waals surface area contributed by atoms with Gasteiger partial charge in [0.1, 0.15) is 5.84 Å². The van der Waals surface area contributed by atoms with Gasteiger partial charge in [-0.3, -0.25) is 10.3 Å². The van der Waals surface area contributed by atoms with E-state index in [4.69, 9.17) is 21.4 Å². The Morgan fingerprint density at radius 3 is 2.08 bits per heavy atom. The van der Waals surface area contributed by atoms with Crippen molar-refractivity contribution in [3.05, 3.63) is 0 Å². The highest BCUT2D eigenvalue weighted by atomic mass is 16.3. The van der Waals surface area contributed by atoms with Gasteiger partial charge in [0, 0.05) is 13.1 Å². The molecule has 0 amide bonds. The van der Waals surface area contributed by atoms with Crippen LogP contribution in [0.25, 0.3) is 0 Å². The predicted molar refractivity (Wildman–Crippen MR) is 47.1 cm³/mol. The van der Waals surface area contributed by atoms with Crippen LogP contribution in [-0.4, -0.2) is 53.3 Å². The maximum absolute atomic E-state index is 8.66. The lowest BCUT2D eigenvalue weighted by Gasteiger charge is -2.26. The second-order valence-corrected chi connectivity index (χ2v) is 2.61. The molecule has 0 heterocycles. The van der Waals surface area contributed by atoms with Gasteiger partial charge in [-0.25, -0.2) is 0 Å². The van der Waals surface area contributed by atoms with Gasteiger partial charge in [0.25, 0.3) is 0 Å². The Bertz CT molecular complexity index is 135. The molecule has 0 aliphatic carbocycles. The highest BCUT2D eigenvalue weighted by Gasteiger charge is 2.14. The highest BCUT2D eigenvalue weighted by molar-refractivity contribution is 5.82. The van der Waals surface area contributed by atoms with Gasteiger partial charge < -0.3 is 15.9 Å². The van der Waals surface area contributed by atoms with Crippen molar-refractivity contribution in [1.82, 2.24) is 4.90 Å². The average Bonchev–Trinajstić information content (AvgIpc) is 2.03.